The number of hydrogen-bond acceptors (Lipinski definition) is 5. The predicted octanol–water partition coefficient (Wildman–Crippen LogP) is 3.27. The van der Waals surface area contributed by atoms with E-state index in [0.29, 0.717) is 30.6 Å². The van der Waals surface area contributed by atoms with Crippen molar-refractivity contribution in [3.63, 3.8) is 0 Å². The molecule has 1 aromatic carbocycles. The number of rotatable bonds is 7. The summed E-state index contributed by atoms with van der Waals surface area (Å²) in [6.45, 7) is 8.14. The Bertz CT molecular complexity index is 720. The van der Waals surface area contributed by atoms with Crippen molar-refractivity contribution in [2.45, 2.75) is 46.1 Å². The second kappa shape index (κ2) is 8.94. The lowest BCUT2D eigenvalue weighted by Gasteiger charge is -2.34. The molecule has 0 N–H and O–H groups in total. The van der Waals surface area contributed by atoms with Crippen molar-refractivity contribution in [1.29, 1.82) is 0 Å². The van der Waals surface area contributed by atoms with Gasteiger partial charge in [-0.3, -0.25) is 9.69 Å². The van der Waals surface area contributed by atoms with Gasteiger partial charge in [-0.15, -0.1) is 0 Å². The number of nitrogens with zero attached hydrogens (tertiary/aromatic N) is 4. The highest BCUT2D eigenvalue weighted by atomic mass is 16.5. The van der Waals surface area contributed by atoms with Gasteiger partial charge >= 0.3 is 0 Å². The average Bonchev–Trinajstić information content (AvgIpc) is 3.11. The first-order chi connectivity index (χ1) is 12.7. The Kier molecular flexibility index (Phi) is 6.39. The SMILES string of the molecule is CCCCCC(=O)N1CCN(Cc2noc(-c3cccc(C)c3)n2)CC1. The first-order valence-electron chi connectivity index (χ1n) is 9.55. The van der Waals surface area contributed by atoms with Gasteiger partial charge in [-0.1, -0.05) is 42.6 Å². The van der Waals surface area contributed by atoms with Crippen LogP contribution in [0.3, 0.4) is 0 Å². The third-order valence-electron chi connectivity index (χ3n) is 4.82. The molecule has 6 nitrogen and oxygen atoms in total. The van der Waals surface area contributed by atoms with Crippen LogP contribution in [0.5, 0.6) is 0 Å². The fourth-order valence-corrected chi connectivity index (χ4v) is 3.25. The largest absolute Gasteiger partial charge is 0.340 e. The molecule has 0 radical (unpaired) electrons. The van der Waals surface area contributed by atoms with E-state index in [-0.39, 0.29) is 0 Å². The molecule has 140 valence electrons. The van der Waals surface area contributed by atoms with Crippen molar-refractivity contribution < 1.29 is 9.32 Å². The zero-order valence-electron chi connectivity index (χ0n) is 15.8. The van der Waals surface area contributed by atoms with E-state index in [1.165, 1.54) is 5.56 Å². The van der Waals surface area contributed by atoms with Crippen molar-refractivity contribution in [1.82, 2.24) is 19.9 Å². The molecule has 3 rings (SSSR count). The number of carbonyl (C=O) groups excluding carboxylic acids is 1. The molecular formula is C20H28N4O2. The number of aryl methyl sites for hydroxylation is 1. The molecule has 1 aliphatic heterocycles. The number of unbranched alkanes of at least 4 members (excludes halogenated alkanes) is 2. The van der Waals surface area contributed by atoms with E-state index in [0.717, 1.165) is 51.0 Å². The Morgan fingerprint density at radius 2 is 2.00 bits per heavy atom. The van der Waals surface area contributed by atoms with Gasteiger partial charge in [0, 0.05) is 38.2 Å². The number of amides is 1. The van der Waals surface area contributed by atoms with Gasteiger partial charge < -0.3 is 9.42 Å². The molecule has 0 bridgehead atoms. The van der Waals surface area contributed by atoms with E-state index in [4.69, 9.17) is 4.52 Å². The summed E-state index contributed by atoms with van der Waals surface area (Å²) in [5, 5.41) is 4.11. The standard InChI is InChI=1S/C20H28N4O2/c1-3-4-5-9-19(25)24-12-10-23(11-13-24)15-18-21-20(26-22-18)17-8-6-7-16(2)14-17/h6-8,14H,3-5,9-13,15H2,1-2H3. The zero-order valence-corrected chi connectivity index (χ0v) is 15.8. The Hall–Kier alpha value is -2.21. The monoisotopic (exact) mass is 356 g/mol. The van der Waals surface area contributed by atoms with Crippen LogP contribution in [0.4, 0.5) is 0 Å². The third-order valence-corrected chi connectivity index (χ3v) is 4.82. The van der Waals surface area contributed by atoms with Crippen LogP contribution >= 0.6 is 0 Å². The maximum atomic E-state index is 12.2. The van der Waals surface area contributed by atoms with Crippen LogP contribution in [0.2, 0.25) is 0 Å². The average molecular weight is 356 g/mol. The van der Waals surface area contributed by atoms with Crippen LogP contribution in [0, 0.1) is 6.92 Å². The van der Waals surface area contributed by atoms with E-state index in [9.17, 15) is 4.79 Å². The molecule has 1 saturated heterocycles. The van der Waals surface area contributed by atoms with Crippen LogP contribution in [-0.4, -0.2) is 52.0 Å². The topological polar surface area (TPSA) is 62.5 Å². The summed E-state index contributed by atoms with van der Waals surface area (Å²) in [5.41, 5.74) is 2.12. The third kappa shape index (κ3) is 4.91. The van der Waals surface area contributed by atoms with Gasteiger partial charge in [0.25, 0.3) is 5.89 Å². The Labute approximate surface area is 155 Å². The molecule has 2 aromatic rings. The first kappa shape index (κ1) is 18.6. The van der Waals surface area contributed by atoms with Gasteiger partial charge in [0.1, 0.15) is 0 Å². The molecule has 0 spiro atoms. The molecule has 1 fully saturated rings. The summed E-state index contributed by atoms with van der Waals surface area (Å²) >= 11 is 0. The number of aromatic nitrogens is 2. The van der Waals surface area contributed by atoms with Crippen LogP contribution in [0.25, 0.3) is 11.5 Å². The highest BCUT2D eigenvalue weighted by Crippen LogP contribution is 2.19. The second-order valence-electron chi connectivity index (χ2n) is 7.00. The van der Waals surface area contributed by atoms with Crippen LogP contribution < -0.4 is 0 Å². The zero-order chi connectivity index (χ0) is 18.4. The van der Waals surface area contributed by atoms with Crippen LogP contribution in [0.15, 0.2) is 28.8 Å². The Balaban J connectivity index is 1.48. The summed E-state index contributed by atoms with van der Waals surface area (Å²) in [4.78, 5) is 21.0. The van der Waals surface area contributed by atoms with Gasteiger partial charge in [0.05, 0.1) is 6.54 Å². The fraction of sp³-hybridized carbons (Fsp3) is 0.550. The van der Waals surface area contributed by atoms with Gasteiger partial charge in [-0.2, -0.15) is 4.98 Å². The molecule has 0 saturated carbocycles. The van der Waals surface area contributed by atoms with Crippen molar-refractivity contribution in [3.8, 4) is 11.5 Å². The number of hydrogen-bond donors (Lipinski definition) is 0. The smallest absolute Gasteiger partial charge is 0.257 e. The molecule has 0 unspecified atom stereocenters. The molecule has 26 heavy (non-hydrogen) atoms. The van der Waals surface area contributed by atoms with E-state index < -0.39 is 0 Å². The lowest BCUT2D eigenvalue weighted by molar-refractivity contribution is -0.133. The van der Waals surface area contributed by atoms with E-state index >= 15 is 0 Å². The normalized spacial score (nSPS) is 15.4. The van der Waals surface area contributed by atoms with Crippen molar-refractivity contribution in [2.24, 2.45) is 0 Å². The van der Waals surface area contributed by atoms with Crippen LogP contribution in [-0.2, 0) is 11.3 Å². The molecule has 1 amide bonds. The first-order valence-corrected chi connectivity index (χ1v) is 9.55. The number of piperazine rings is 1. The predicted molar refractivity (Wildman–Crippen MR) is 100 cm³/mol. The maximum Gasteiger partial charge on any atom is 0.257 e. The molecule has 1 aromatic heterocycles. The summed E-state index contributed by atoms with van der Waals surface area (Å²) in [6.07, 6.45) is 3.96. The van der Waals surface area contributed by atoms with E-state index in [1.54, 1.807) is 0 Å². The number of benzene rings is 1. The van der Waals surface area contributed by atoms with Gasteiger partial charge in [0.2, 0.25) is 5.91 Å². The molecule has 1 aliphatic rings. The molecule has 0 atom stereocenters. The fourth-order valence-electron chi connectivity index (χ4n) is 3.25. The lowest BCUT2D eigenvalue weighted by Crippen LogP contribution is -2.48. The van der Waals surface area contributed by atoms with Crippen molar-refractivity contribution in [3.05, 3.63) is 35.7 Å². The van der Waals surface area contributed by atoms with Gasteiger partial charge in [0.15, 0.2) is 5.82 Å². The Morgan fingerprint density at radius 3 is 2.73 bits per heavy atom. The van der Waals surface area contributed by atoms with E-state index in [2.05, 4.69) is 22.0 Å². The Morgan fingerprint density at radius 1 is 1.19 bits per heavy atom. The van der Waals surface area contributed by atoms with Gasteiger partial charge in [-0.05, 0) is 25.5 Å². The minimum Gasteiger partial charge on any atom is -0.340 e. The highest BCUT2D eigenvalue weighted by Gasteiger charge is 2.22. The molecule has 6 heteroatoms. The van der Waals surface area contributed by atoms with E-state index in [1.807, 2.05) is 36.1 Å². The van der Waals surface area contributed by atoms with Crippen molar-refractivity contribution in [2.75, 3.05) is 26.2 Å². The second-order valence-corrected chi connectivity index (χ2v) is 7.00. The highest BCUT2D eigenvalue weighted by molar-refractivity contribution is 5.76. The minimum atomic E-state index is 0.291. The molecule has 2 heterocycles. The summed E-state index contributed by atoms with van der Waals surface area (Å²) < 4.78 is 5.41. The van der Waals surface area contributed by atoms with Crippen molar-refractivity contribution >= 4 is 5.91 Å². The van der Waals surface area contributed by atoms with Gasteiger partial charge in [-0.25, -0.2) is 0 Å². The molecular weight excluding hydrogens is 328 g/mol. The summed E-state index contributed by atoms with van der Waals surface area (Å²) in [5.74, 6) is 1.55. The quantitative estimate of drug-likeness (QED) is 0.713. The minimum absolute atomic E-state index is 0.291. The lowest BCUT2D eigenvalue weighted by atomic mass is 10.1. The summed E-state index contributed by atoms with van der Waals surface area (Å²) in [6, 6.07) is 8.06. The maximum absolute atomic E-state index is 12.2. The summed E-state index contributed by atoms with van der Waals surface area (Å²) in [7, 11) is 0. The van der Waals surface area contributed by atoms with Crippen LogP contribution in [0.1, 0.15) is 44.0 Å². The molecule has 0 aliphatic carbocycles. The number of carbonyl (C=O) groups is 1.